The average Bonchev–Trinajstić information content (AvgIpc) is 3.09. The van der Waals surface area contributed by atoms with Crippen molar-refractivity contribution in [2.75, 3.05) is 58.0 Å². The predicted octanol–water partition coefficient (Wildman–Crippen LogP) is 3.58. The molecule has 3 heterocycles. The van der Waals surface area contributed by atoms with Crippen molar-refractivity contribution in [2.45, 2.75) is 51.5 Å². The lowest BCUT2D eigenvalue weighted by Gasteiger charge is -2.22. The predicted molar refractivity (Wildman–Crippen MR) is 138 cm³/mol. The molecule has 1 aromatic heterocycles. The molecule has 2 N–H and O–H groups in total. The topological polar surface area (TPSA) is 71.0 Å². The molecule has 31 heavy (non-hydrogen) atoms. The molecule has 8 heteroatoms. The second kappa shape index (κ2) is 15.6. The zero-order valence-electron chi connectivity index (χ0n) is 19.0. The molecule has 2 aliphatic rings. The van der Waals surface area contributed by atoms with E-state index in [1.165, 1.54) is 31.2 Å². The first kappa shape index (κ1) is 26.1. The molecule has 176 valence electrons. The number of anilines is 1. The van der Waals surface area contributed by atoms with Gasteiger partial charge in [-0.15, -0.1) is 24.0 Å². The number of nitrogens with one attached hydrogen (secondary N) is 2. The van der Waals surface area contributed by atoms with Gasteiger partial charge >= 0.3 is 0 Å². The van der Waals surface area contributed by atoms with Crippen molar-refractivity contribution in [1.82, 2.24) is 15.6 Å². The van der Waals surface area contributed by atoms with Crippen LogP contribution in [0.15, 0.2) is 23.3 Å². The van der Waals surface area contributed by atoms with Crippen LogP contribution in [0.25, 0.3) is 0 Å². The van der Waals surface area contributed by atoms with E-state index in [-0.39, 0.29) is 24.0 Å². The van der Waals surface area contributed by atoms with Gasteiger partial charge in [0.05, 0.1) is 0 Å². The van der Waals surface area contributed by atoms with Crippen molar-refractivity contribution < 1.29 is 9.47 Å². The van der Waals surface area contributed by atoms with Crippen LogP contribution in [0.5, 0.6) is 0 Å². The van der Waals surface area contributed by atoms with E-state index in [9.17, 15) is 0 Å². The second-order valence-electron chi connectivity index (χ2n) is 8.26. The maximum absolute atomic E-state index is 5.83. The molecule has 3 rings (SSSR count). The Morgan fingerprint density at radius 1 is 1.19 bits per heavy atom. The normalized spacial score (nSPS) is 18.2. The number of pyridine rings is 1. The number of halogens is 1. The Morgan fingerprint density at radius 2 is 1.97 bits per heavy atom. The molecule has 0 unspecified atom stereocenters. The van der Waals surface area contributed by atoms with Gasteiger partial charge in [-0.05, 0) is 55.7 Å². The molecule has 2 fully saturated rings. The van der Waals surface area contributed by atoms with Gasteiger partial charge in [0.15, 0.2) is 5.96 Å². The average molecular weight is 546 g/mol. The number of rotatable bonds is 9. The number of nitrogens with zero attached hydrogens (tertiary/aromatic N) is 3. The summed E-state index contributed by atoms with van der Waals surface area (Å²) in [7, 11) is 1.81. The van der Waals surface area contributed by atoms with Crippen LogP contribution in [0, 0.1) is 5.92 Å². The summed E-state index contributed by atoms with van der Waals surface area (Å²) >= 11 is 0. The Labute approximate surface area is 204 Å². The minimum atomic E-state index is 0. The van der Waals surface area contributed by atoms with Gasteiger partial charge in [-0.3, -0.25) is 4.99 Å². The third-order valence-electron chi connectivity index (χ3n) is 5.88. The van der Waals surface area contributed by atoms with E-state index in [1.54, 1.807) is 0 Å². The van der Waals surface area contributed by atoms with Gasteiger partial charge in [0.1, 0.15) is 5.82 Å². The van der Waals surface area contributed by atoms with Crippen LogP contribution in [-0.2, 0) is 16.0 Å². The van der Waals surface area contributed by atoms with Crippen molar-refractivity contribution in [3.8, 4) is 0 Å². The van der Waals surface area contributed by atoms with Crippen molar-refractivity contribution >= 4 is 35.8 Å². The summed E-state index contributed by atoms with van der Waals surface area (Å²) in [5.41, 5.74) is 1.23. The fourth-order valence-electron chi connectivity index (χ4n) is 3.99. The number of guanidine groups is 1. The highest BCUT2D eigenvalue weighted by molar-refractivity contribution is 14.0. The highest BCUT2D eigenvalue weighted by Gasteiger charge is 2.13. The van der Waals surface area contributed by atoms with E-state index >= 15 is 0 Å². The fraction of sp³-hybridized carbons (Fsp3) is 0.739. The minimum absolute atomic E-state index is 0. The lowest BCUT2D eigenvalue weighted by atomic mass is 10.0. The standard InChI is InChI=1S/C23H39N5O2.HI/c1-24-23(26-10-6-14-30-19-20-8-15-29-16-9-20)27-18-21-7-11-25-22(17-21)28-12-4-2-3-5-13-28;/h7,11,17,20H,2-6,8-10,12-16,18-19H2,1H3,(H2,24,26,27);1H. The van der Waals surface area contributed by atoms with E-state index in [0.717, 1.165) is 83.6 Å². The zero-order valence-corrected chi connectivity index (χ0v) is 21.3. The zero-order chi connectivity index (χ0) is 20.9. The molecule has 0 radical (unpaired) electrons. The fourth-order valence-corrected chi connectivity index (χ4v) is 3.99. The molecular formula is C23H40IN5O2. The summed E-state index contributed by atoms with van der Waals surface area (Å²) < 4.78 is 11.2. The molecular weight excluding hydrogens is 505 g/mol. The second-order valence-corrected chi connectivity index (χ2v) is 8.26. The first-order chi connectivity index (χ1) is 14.8. The van der Waals surface area contributed by atoms with Crippen LogP contribution in [0.1, 0.15) is 50.5 Å². The molecule has 2 aliphatic heterocycles. The van der Waals surface area contributed by atoms with E-state index in [0.29, 0.717) is 5.92 Å². The Kier molecular flexibility index (Phi) is 13.2. The molecule has 1 aromatic rings. The van der Waals surface area contributed by atoms with Gasteiger partial charge in [-0.25, -0.2) is 4.98 Å². The van der Waals surface area contributed by atoms with Crippen LogP contribution >= 0.6 is 24.0 Å². The summed E-state index contributed by atoms with van der Waals surface area (Å²) in [5, 5.41) is 6.79. The Bertz CT molecular complexity index is 632. The van der Waals surface area contributed by atoms with Crippen LogP contribution in [0.3, 0.4) is 0 Å². The van der Waals surface area contributed by atoms with Crippen LogP contribution < -0.4 is 15.5 Å². The monoisotopic (exact) mass is 545 g/mol. The number of hydrogen-bond donors (Lipinski definition) is 2. The molecule has 0 saturated carbocycles. The van der Waals surface area contributed by atoms with Crippen LogP contribution in [-0.4, -0.2) is 64.1 Å². The van der Waals surface area contributed by atoms with Gasteiger partial charge in [-0.1, -0.05) is 12.8 Å². The number of aliphatic imine (C=N–C) groups is 1. The summed E-state index contributed by atoms with van der Waals surface area (Å²) in [6.07, 6.45) is 10.3. The van der Waals surface area contributed by atoms with Gasteiger partial charge in [-0.2, -0.15) is 0 Å². The summed E-state index contributed by atoms with van der Waals surface area (Å²) in [4.78, 5) is 11.3. The maximum atomic E-state index is 5.83. The lowest BCUT2D eigenvalue weighted by Crippen LogP contribution is -2.37. The van der Waals surface area contributed by atoms with Crippen LogP contribution in [0.4, 0.5) is 5.82 Å². The molecule has 0 amide bonds. The van der Waals surface area contributed by atoms with Gasteiger partial charge in [0.2, 0.25) is 0 Å². The first-order valence-electron chi connectivity index (χ1n) is 11.6. The third-order valence-corrected chi connectivity index (χ3v) is 5.88. The van der Waals surface area contributed by atoms with Crippen LogP contribution in [0.2, 0.25) is 0 Å². The summed E-state index contributed by atoms with van der Waals surface area (Å²) in [6.45, 7) is 7.23. The van der Waals surface area contributed by atoms with Crippen molar-refractivity contribution in [2.24, 2.45) is 10.9 Å². The largest absolute Gasteiger partial charge is 0.381 e. The molecule has 0 atom stereocenters. The molecule has 7 nitrogen and oxygen atoms in total. The SMILES string of the molecule is CN=C(NCCCOCC1CCOCC1)NCc1ccnc(N2CCCCCC2)c1.I. The third kappa shape index (κ3) is 9.91. The van der Waals surface area contributed by atoms with Gasteiger partial charge in [0.25, 0.3) is 0 Å². The van der Waals surface area contributed by atoms with Crippen molar-refractivity contribution in [1.29, 1.82) is 0 Å². The molecule has 0 aromatic carbocycles. The highest BCUT2D eigenvalue weighted by Crippen LogP contribution is 2.18. The van der Waals surface area contributed by atoms with Gasteiger partial charge < -0.3 is 25.0 Å². The highest BCUT2D eigenvalue weighted by atomic mass is 127. The molecule has 0 aliphatic carbocycles. The lowest BCUT2D eigenvalue weighted by molar-refractivity contribution is 0.0203. The Hall–Kier alpha value is -1.13. The molecule has 0 bridgehead atoms. The summed E-state index contributed by atoms with van der Waals surface area (Å²) in [6, 6.07) is 4.28. The minimum Gasteiger partial charge on any atom is -0.381 e. The Morgan fingerprint density at radius 3 is 2.71 bits per heavy atom. The van der Waals surface area contributed by atoms with E-state index in [4.69, 9.17) is 9.47 Å². The first-order valence-corrected chi connectivity index (χ1v) is 11.6. The quantitative estimate of drug-likeness (QED) is 0.214. The smallest absolute Gasteiger partial charge is 0.191 e. The van der Waals surface area contributed by atoms with E-state index < -0.39 is 0 Å². The Balaban J connectivity index is 0.00000341. The molecule has 2 saturated heterocycles. The maximum Gasteiger partial charge on any atom is 0.191 e. The number of ether oxygens (including phenoxy) is 2. The van der Waals surface area contributed by atoms with Crippen molar-refractivity contribution in [3.05, 3.63) is 23.9 Å². The van der Waals surface area contributed by atoms with E-state index in [1.807, 2.05) is 13.2 Å². The van der Waals surface area contributed by atoms with E-state index in [2.05, 4.69) is 37.6 Å². The van der Waals surface area contributed by atoms with Gasteiger partial charge in [0, 0.05) is 65.9 Å². The number of aromatic nitrogens is 1. The number of hydrogen-bond acceptors (Lipinski definition) is 5. The summed E-state index contributed by atoms with van der Waals surface area (Å²) in [5.74, 6) is 2.59. The van der Waals surface area contributed by atoms with Crippen molar-refractivity contribution in [3.63, 3.8) is 0 Å². The molecule has 0 spiro atoms.